The topological polar surface area (TPSA) is 75.3 Å². The number of carbonyl (C=O) groups is 3. The summed E-state index contributed by atoms with van der Waals surface area (Å²) in [6.07, 6.45) is 0.504. The first-order valence-electron chi connectivity index (χ1n) is 8.34. The van der Waals surface area contributed by atoms with Gasteiger partial charge >= 0.3 is 0 Å². The fourth-order valence-corrected chi connectivity index (χ4v) is 2.95. The molecule has 2 atom stereocenters. The van der Waals surface area contributed by atoms with E-state index in [0.717, 1.165) is 5.56 Å². The Bertz CT molecular complexity index is 894. The van der Waals surface area contributed by atoms with Gasteiger partial charge in [-0.05, 0) is 50.1 Å². The van der Waals surface area contributed by atoms with E-state index in [1.54, 1.807) is 36.4 Å². The second-order valence-corrected chi connectivity index (χ2v) is 6.96. The molecule has 6 heteroatoms. The maximum absolute atomic E-state index is 12.4. The number of ketones is 1. The lowest BCUT2D eigenvalue weighted by molar-refractivity contribution is -0.122. The highest BCUT2D eigenvalue weighted by Gasteiger charge is 2.48. The Hall–Kier alpha value is -2.66. The summed E-state index contributed by atoms with van der Waals surface area (Å²) in [5.74, 6) is -1.19. The van der Waals surface area contributed by atoms with Gasteiger partial charge in [0.1, 0.15) is 0 Å². The highest BCUT2D eigenvalue weighted by molar-refractivity contribution is 6.31. The molecular weight excluding hydrogens is 352 g/mol. The van der Waals surface area contributed by atoms with E-state index in [9.17, 15) is 14.4 Å². The molecule has 1 aliphatic rings. The van der Waals surface area contributed by atoms with Crippen LogP contribution in [0.4, 0.5) is 11.4 Å². The predicted molar refractivity (Wildman–Crippen MR) is 101 cm³/mol. The molecule has 0 aliphatic heterocycles. The van der Waals surface area contributed by atoms with E-state index in [1.807, 2.05) is 13.0 Å². The Morgan fingerprint density at radius 1 is 1.00 bits per heavy atom. The Morgan fingerprint density at radius 3 is 2.38 bits per heavy atom. The minimum absolute atomic E-state index is 0.0679. The lowest BCUT2D eigenvalue weighted by atomic mass is 10.1. The van der Waals surface area contributed by atoms with Crippen LogP contribution in [0, 0.1) is 18.8 Å². The highest BCUT2D eigenvalue weighted by atomic mass is 35.5. The highest BCUT2D eigenvalue weighted by Crippen LogP contribution is 2.40. The van der Waals surface area contributed by atoms with E-state index in [2.05, 4.69) is 10.6 Å². The predicted octanol–water partition coefficient (Wildman–Crippen LogP) is 4.06. The first kappa shape index (κ1) is 18.1. The third kappa shape index (κ3) is 4.11. The van der Waals surface area contributed by atoms with Gasteiger partial charge in [-0.1, -0.05) is 29.8 Å². The quantitative estimate of drug-likeness (QED) is 0.779. The molecule has 26 heavy (non-hydrogen) atoms. The molecule has 0 aromatic heterocycles. The zero-order valence-corrected chi connectivity index (χ0v) is 15.3. The third-order valence-electron chi connectivity index (χ3n) is 4.46. The van der Waals surface area contributed by atoms with Crippen molar-refractivity contribution in [1.82, 2.24) is 0 Å². The second-order valence-electron chi connectivity index (χ2n) is 6.52. The van der Waals surface area contributed by atoms with Gasteiger partial charge in [-0.15, -0.1) is 0 Å². The molecule has 5 nitrogen and oxygen atoms in total. The molecule has 0 spiro atoms. The van der Waals surface area contributed by atoms with Crippen molar-refractivity contribution < 1.29 is 14.4 Å². The van der Waals surface area contributed by atoms with Crippen LogP contribution in [0.2, 0.25) is 5.02 Å². The van der Waals surface area contributed by atoms with Gasteiger partial charge in [-0.2, -0.15) is 0 Å². The lowest BCUT2D eigenvalue weighted by Gasteiger charge is -2.09. The number of nitrogens with one attached hydrogen (secondary N) is 2. The van der Waals surface area contributed by atoms with Crippen LogP contribution in [0.1, 0.15) is 29.3 Å². The lowest BCUT2D eigenvalue weighted by Crippen LogP contribution is -2.21. The standard InChI is InChI=1S/C20H19ClN2O3/c1-11-6-7-14(21)9-18(11)23-20(26)17-10-16(17)19(25)22-15-5-3-4-13(8-15)12(2)24/h3-9,16-17H,10H2,1-2H3,(H,22,25)(H,23,26). The van der Waals surface area contributed by atoms with Crippen LogP contribution in [0.3, 0.4) is 0 Å². The van der Waals surface area contributed by atoms with E-state index in [-0.39, 0.29) is 29.4 Å². The van der Waals surface area contributed by atoms with Gasteiger partial charge in [-0.3, -0.25) is 14.4 Å². The number of rotatable bonds is 5. The van der Waals surface area contributed by atoms with Gasteiger partial charge in [0.15, 0.2) is 5.78 Å². The Morgan fingerprint density at radius 2 is 1.69 bits per heavy atom. The molecule has 2 N–H and O–H groups in total. The van der Waals surface area contributed by atoms with Crippen molar-refractivity contribution in [2.75, 3.05) is 10.6 Å². The molecular formula is C20H19ClN2O3. The number of carbonyl (C=O) groups excluding carboxylic acids is 3. The summed E-state index contributed by atoms with van der Waals surface area (Å²) < 4.78 is 0. The van der Waals surface area contributed by atoms with Gasteiger partial charge in [0.25, 0.3) is 0 Å². The van der Waals surface area contributed by atoms with Crippen LogP contribution in [0.5, 0.6) is 0 Å². The Labute approximate surface area is 156 Å². The van der Waals surface area contributed by atoms with E-state index in [0.29, 0.717) is 28.4 Å². The average Bonchev–Trinajstić information content (AvgIpc) is 3.39. The van der Waals surface area contributed by atoms with E-state index in [1.165, 1.54) is 6.92 Å². The maximum atomic E-state index is 12.4. The number of hydrogen-bond donors (Lipinski definition) is 2. The second kappa shape index (κ2) is 7.30. The van der Waals surface area contributed by atoms with Crippen molar-refractivity contribution >= 4 is 40.6 Å². The van der Waals surface area contributed by atoms with E-state index < -0.39 is 0 Å². The Kier molecular flexibility index (Phi) is 5.09. The molecule has 0 saturated heterocycles. The molecule has 1 saturated carbocycles. The van der Waals surface area contributed by atoms with Crippen molar-refractivity contribution in [3.63, 3.8) is 0 Å². The fraction of sp³-hybridized carbons (Fsp3) is 0.250. The van der Waals surface area contributed by atoms with Crippen LogP contribution in [0.25, 0.3) is 0 Å². The van der Waals surface area contributed by atoms with Crippen LogP contribution in [-0.4, -0.2) is 17.6 Å². The first-order valence-corrected chi connectivity index (χ1v) is 8.72. The summed E-state index contributed by atoms with van der Waals surface area (Å²) in [5, 5.41) is 6.16. The van der Waals surface area contributed by atoms with Gasteiger partial charge in [0.05, 0.1) is 11.8 Å². The summed E-state index contributed by atoms with van der Waals surface area (Å²) in [6.45, 7) is 3.35. The van der Waals surface area contributed by atoms with E-state index >= 15 is 0 Å². The zero-order valence-electron chi connectivity index (χ0n) is 14.5. The normalized spacial score (nSPS) is 18.1. The molecule has 2 amide bonds. The van der Waals surface area contributed by atoms with Gasteiger partial charge in [-0.25, -0.2) is 0 Å². The molecule has 1 aliphatic carbocycles. The molecule has 2 aromatic carbocycles. The van der Waals surface area contributed by atoms with Crippen molar-refractivity contribution in [1.29, 1.82) is 0 Å². The summed E-state index contributed by atoms with van der Waals surface area (Å²) in [6, 6.07) is 12.0. The fourth-order valence-electron chi connectivity index (χ4n) is 2.78. The smallest absolute Gasteiger partial charge is 0.228 e. The van der Waals surface area contributed by atoms with E-state index in [4.69, 9.17) is 11.6 Å². The SMILES string of the molecule is CC(=O)c1cccc(NC(=O)C2CC2C(=O)Nc2cc(Cl)ccc2C)c1. The minimum atomic E-state index is -0.365. The molecule has 0 bridgehead atoms. The summed E-state index contributed by atoms with van der Waals surface area (Å²) in [4.78, 5) is 36.1. The first-order chi connectivity index (χ1) is 12.3. The minimum Gasteiger partial charge on any atom is -0.326 e. The summed E-state index contributed by atoms with van der Waals surface area (Å²) in [7, 11) is 0. The number of hydrogen-bond acceptors (Lipinski definition) is 3. The zero-order chi connectivity index (χ0) is 18.8. The van der Waals surface area contributed by atoms with Crippen molar-refractivity contribution in [2.45, 2.75) is 20.3 Å². The third-order valence-corrected chi connectivity index (χ3v) is 4.69. The number of Topliss-reactive ketones (excluding diaryl/α,β-unsaturated/α-hetero) is 1. The number of benzene rings is 2. The van der Waals surface area contributed by atoms with Gasteiger partial charge in [0.2, 0.25) is 11.8 Å². The molecule has 2 aromatic rings. The molecule has 2 unspecified atom stereocenters. The number of anilines is 2. The maximum Gasteiger partial charge on any atom is 0.228 e. The molecule has 3 rings (SSSR count). The van der Waals surface area contributed by atoms with Gasteiger partial charge < -0.3 is 10.6 Å². The Balaban J connectivity index is 1.60. The molecule has 0 radical (unpaired) electrons. The van der Waals surface area contributed by atoms with Crippen LogP contribution >= 0.6 is 11.6 Å². The van der Waals surface area contributed by atoms with Crippen LogP contribution in [0.15, 0.2) is 42.5 Å². The number of halogens is 1. The largest absolute Gasteiger partial charge is 0.326 e. The van der Waals surface area contributed by atoms with Crippen molar-refractivity contribution in [3.05, 3.63) is 58.6 Å². The van der Waals surface area contributed by atoms with Crippen molar-refractivity contribution in [3.8, 4) is 0 Å². The number of amides is 2. The van der Waals surface area contributed by atoms with Gasteiger partial charge in [0, 0.05) is 22.0 Å². The molecule has 1 fully saturated rings. The molecule has 0 heterocycles. The van der Waals surface area contributed by atoms with Crippen LogP contribution in [-0.2, 0) is 9.59 Å². The monoisotopic (exact) mass is 370 g/mol. The van der Waals surface area contributed by atoms with Crippen molar-refractivity contribution in [2.24, 2.45) is 11.8 Å². The van der Waals surface area contributed by atoms with Crippen LogP contribution < -0.4 is 10.6 Å². The summed E-state index contributed by atoms with van der Waals surface area (Å²) >= 11 is 5.96. The number of aryl methyl sites for hydroxylation is 1. The summed E-state index contributed by atoms with van der Waals surface area (Å²) in [5.41, 5.74) is 2.65. The average molecular weight is 371 g/mol. The molecule has 134 valence electrons.